The molecule has 0 aliphatic carbocycles. The summed E-state index contributed by atoms with van der Waals surface area (Å²) >= 11 is 5.56. The first-order valence-electron chi connectivity index (χ1n) is 5.39. The van der Waals surface area contributed by atoms with E-state index in [4.69, 9.17) is 16.3 Å². The third kappa shape index (κ3) is 7.56. The van der Waals surface area contributed by atoms with E-state index in [-0.39, 0.29) is 17.2 Å². The van der Waals surface area contributed by atoms with Crippen LogP contribution in [0.5, 0.6) is 0 Å². The standard InChI is InChI=1S/C12H14ClF3O3/c1-4-9(11(17)18-5-2)6-7-10(13)8(3)19-12(14,15)16/h6-7H,3-5H2,1-2H3/b9-6+,10-7+. The first-order valence-corrected chi connectivity index (χ1v) is 5.77. The van der Waals surface area contributed by atoms with Crippen LogP contribution in [0.3, 0.4) is 0 Å². The van der Waals surface area contributed by atoms with Crippen LogP contribution in [-0.4, -0.2) is 18.9 Å². The van der Waals surface area contributed by atoms with Crippen molar-refractivity contribution in [3.05, 3.63) is 35.1 Å². The predicted octanol–water partition coefficient (Wildman–Crippen LogP) is 4.06. The van der Waals surface area contributed by atoms with Gasteiger partial charge in [0.15, 0.2) is 0 Å². The van der Waals surface area contributed by atoms with Gasteiger partial charge in [0.1, 0.15) is 5.76 Å². The lowest BCUT2D eigenvalue weighted by Crippen LogP contribution is -2.12. The van der Waals surface area contributed by atoms with Crippen molar-refractivity contribution in [1.29, 1.82) is 0 Å². The van der Waals surface area contributed by atoms with Crippen LogP contribution < -0.4 is 0 Å². The summed E-state index contributed by atoms with van der Waals surface area (Å²) < 4.78 is 44.0. The molecule has 108 valence electrons. The van der Waals surface area contributed by atoms with Crippen molar-refractivity contribution < 1.29 is 27.4 Å². The summed E-state index contributed by atoms with van der Waals surface area (Å²) in [5.74, 6) is -1.29. The fourth-order valence-corrected chi connectivity index (χ4v) is 1.11. The molecule has 3 nitrogen and oxygen atoms in total. The number of halogens is 4. The maximum Gasteiger partial charge on any atom is 0.573 e. The highest BCUT2D eigenvalue weighted by Crippen LogP contribution is 2.25. The van der Waals surface area contributed by atoms with Gasteiger partial charge in [0.25, 0.3) is 0 Å². The minimum atomic E-state index is -4.86. The molecule has 0 N–H and O–H groups in total. The molecule has 0 aromatic rings. The molecule has 0 heterocycles. The predicted molar refractivity (Wildman–Crippen MR) is 65.2 cm³/mol. The number of ether oxygens (including phenoxy) is 2. The van der Waals surface area contributed by atoms with Gasteiger partial charge < -0.3 is 9.47 Å². The van der Waals surface area contributed by atoms with Crippen molar-refractivity contribution in [1.82, 2.24) is 0 Å². The molecule has 0 unspecified atom stereocenters. The third-order valence-electron chi connectivity index (χ3n) is 1.85. The Morgan fingerprint density at radius 2 is 1.89 bits per heavy atom. The van der Waals surface area contributed by atoms with E-state index in [1.165, 1.54) is 6.08 Å². The number of hydrogen-bond donors (Lipinski definition) is 0. The van der Waals surface area contributed by atoms with Crippen LogP contribution in [0.4, 0.5) is 13.2 Å². The maximum atomic E-state index is 11.9. The molecule has 0 amide bonds. The zero-order valence-corrected chi connectivity index (χ0v) is 11.3. The van der Waals surface area contributed by atoms with E-state index >= 15 is 0 Å². The van der Waals surface area contributed by atoms with Crippen molar-refractivity contribution >= 4 is 17.6 Å². The van der Waals surface area contributed by atoms with Gasteiger partial charge >= 0.3 is 12.3 Å². The summed E-state index contributed by atoms with van der Waals surface area (Å²) in [5.41, 5.74) is 0.278. The van der Waals surface area contributed by atoms with E-state index in [9.17, 15) is 18.0 Å². The lowest BCUT2D eigenvalue weighted by Gasteiger charge is -2.10. The molecule has 0 saturated carbocycles. The van der Waals surface area contributed by atoms with E-state index in [0.717, 1.165) is 6.08 Å². The van der Waals surface area contributed by atoms with E-state index in [0.29, 0.717) is 6.42 Å². The van der Waals surface area contributed by atoms with Gasteiger partial charge in [0.05, 0.1) is 11.6 Å². The molecule has 7 heteroatoms. The Bertz CT molecular complexity index is 398. The number of allylic oxidation sites excluding steroid dienone is 3. The van der Waals surface area contributed by atoms with Crippen LogP contribution in [0.2, 0.25) is 0 Å². The van der Waals surface area contributed by atoms with Crippen LogP contribution >= 0.6 is 11.6 Å². The Morgan fingerprint density at radius 1 is 1.32 bits per heavy atom. The smallest absolute Gasteiger partial charge is 0.463 e. The van der Waals surface area contributed by atoms with Gasteiger partial charge in [-0.25, -0.2) is 4.79 Å². The molecule has 19 heavy (non-hydrogen) atoms. The number of rotatable bonds is 6. The molecular formula is C12H14ClF3O3. The summed E-state index contributed by atoms with van der Waals surface area (Å²) in [4.78, 5) is 11.4. The highest BCUT2D eigenvalue weighted by molar-refractivity contribution is 6.31. The van der Waals surface area contributed by atoms with Gasteiger partial charge in [-0.15, -0.1) is 13.2 Å². The summed E-state index contributed by atoms with van der Waals surface area (Å²) in [7, 11) is 0. The minimum absolute atomic E-state index is 0.206. The number of hydrogen-bond acceptors (Lipinski definition) is 3. The van der Waals surface area contributed by atoms with Crippen LogP contribution in [0.1, 0.15) is 20.3 Å². The van der Waals surface area contributed by atoms with Crippen LogP contribution in [0.15, 0.2) is 35.1 Å². The normalized spacial score (nSPS) is 13.2. The zero-order valence-electron chi connectivity index (χ0n) is 10.5. The Kier molecular flexibility index (Phi) is 7.29. The topological polar surface area (TPSA) is 35.5 Å². The van der Waals surface area contributed by atoms with Crippen LogP contribution in [0.25, 0.3) is 0 Å². The van der Waals surface area contributed by atoms with Gasteiger partial charge in [-0.3, -0.25) is 0 Å². The zero-order chi connectivity index (χ0) is 15.1. The maximum absolute atomic E-state index is 11.9. The van der Waals surface area contributed by atoms with Crippen molar-refractivity contribution in [3.8, 4) is 0 Å². The molecule has 0 rings (SSSR count). The van der Waals surface area contributed by atoms with Gasteiger partial charge in [-0.05, 0) is 19.4 Å². The fraction of sp³-hybridized carbons (Fsp3) is 0.417. The molecule has 0 spiro atoms. The van der Waals surface area contributed by atoms with Gasteiger partial charge in [0.2, 0.25) is 0 Å². The molecule has 0 radical (unpaired) electrons. The van der Waals surface area contributed by atoms with E-state index in [2.05, 4.69) is 11.3 Å². The summed E-state index contributed by atoms with van der Waals surface area (Å²) in [6.07, 6.45) is -2.13. The number of carbonyl (C=O) groups is 1. The average Bonchev–Trinajstić information content (AvgIpc) is 2.27. The molecule has 0 aliphatic rings. The SMILES string of the molecule is C=C(OC(F)(F)F)/C(Cl)=C\C=C(/CC)C(=O)OCC. The second-order valence-electron chi connectivity index (χ2n) is 3.25. The second kappa shape index (κ2) is 7.89. The summed E-state index contributed by atoms with van der Waals surface area (Å²) in [6.45, 7) is 6.59. The largest absolute Gasteiger partial charge is 0.573 e. The average molecular weight is 299 g/mol. The minimum Gasteiger partial charge on any atom is -0.463 e. The Morgan fingerprint density at radius 3 is 2.32 bits per heavy atom. The molecule has 0 saturated heterocycles. The highest BCUT2D eigenvalue weighted by Gasteiger charge is 2.32. The second-order valence-corrected chi connectivity index (χ2v) is 3.66. The van der Waals surface area contributed by atoms with Crippen LogP contribution in [-0.2, 0) is 14.3 Å². The lowest BCUT2D eigenvalue weighted by molar-refractivity contribution is -0.303. The molecular weight excluding hydrogens is 285 g/mol. The fourth-order valence-electron chi connectivity index (χ4n) is 1.01. The third-order valence-corrected chi connectivity index (χ3v) is 2.19. The van der Waals surface area contributed by atoms with Crippen molar-refractivity contribution in [3.63, 3.8) is 0 Å². The first-order chi connectivity index (χ1) is 8.71. The quantitative estimate of drug-likeness (QED) is 0.321. The van der Waals surface area contributed by atoms with Crippen molar-refractivity contribution in [2.45, 2.75) is 26.6 Å². The van der Waals surface area contributed by atoms with Crippen LogP contribution in [0, 0.1) is 0 Å². The first kappa shape index (κ1) is 17.6. The monoisotopic (exact) mass is 298 g/mol. The Balaban J connectivity index is 4.83. The van der Waals surface area contributed by atoms with E-state index < -0.39 is 18.1 Å². The molecule has 0 aromatic heterocycles. The number of esters is 1. The molecule has 0 fully saturated rings. The van der Waals surface area contributed by atoms with E-state index in [1.807, 2.05) is 0 Å². The Labute approximate surface area is 114 Å². The van der Waals surface area contributed by atoms with Gasteiger partial charge in [-0.2, -0.15) is 0 Å². The summed E-state index contributed by atoms with van der Waals surface area (Å²) in [6, 6.07) is 0. The number of carbonyl (C=O) groups excluding carboxylic acids is 1. The van der Waals surface area contributed by atoms with Crippen molar-refractivity contribution in [2.24, 2.45) is 0 Å². The molecule has 0 aliphatic heterocycles. The molecule has 0 aromatic carbocycles. The van der Waals surface area contributed by atoms with E-state index in [1.54, 1.807) is 13.8 Å². The lowest BCUT2D eigenvalue weighted by atomic mass is 10.2. The molecule has 0 atom stereocenters. The molecule has 0 bridgehead atoms. The summed E-state index contributed by atoms with van der Waals surface area (Å²) in [5, 5.41) is -0.354. The van der Waals surface area contributed by atoms with Crippen molar-refractivity contribution in [2.75, 3.05) is 6.61 Å². The van der Waals surface area contributed by atoms with Gasteiger partial charge in [0, 0.05) is 5.57 Å². The highest BCUT2D eigenvalue weighted by atomic mass is 35.5. The Hall–Kier alpha value is -1.43. The van der Waals surface area contributed by atoms with Gasteiger partial charge in [-0.1, -0.05) is 31.2 Å². The number of alkyl halides is 3.